The molecule has 2 amide bonds. The van der Waals surface area contributed by atoms with Gasteiger partial charge in [0.25, 0.3) is 11.1 Å². The molecule has 0 unspecified atom stereocenters. The second kappa shape index (κ2) is 7.02. The number of amides is 2. The Kier molecular flexibility index (Phi) is 4.64. The molecule has 0 bridgehead atoms. The van der Waals surface area contributed by atoms with Crippen LogP contribution in [-0.2, 0) is 4.79 Å². The van der Waals surface area contributed by atoms with Gasteiger partial charge in [0, 0.05) is 0 Å². The molecule has 118 valence electrons. The van der Waals surface area contributed by atoms with Gasteiger partial charge in [0.05, 0.1) is 10.6 Å². The zero-order chi connectivity index (χ0) is 16.9. The molecular weight excluding hydrogens is 324 g/mol. The monoisotopic (exact) mass is 336 g/mol. The maximum Gasteiger partial charge on any atom is 0.298 e. The highest BCUT2D eigenvalue weighted by molar-refractivity contribution is 8.19. The Morgan fingerprint density at radius 2 is 1.79 bits per heavy atom. The Bertz CT molecular complexity index is 839. The second-order valence-electron chi connectivity index (χ2n) is 4.87. The van der Waals surface area contributed by atoms with Crippen LogP contribution in [0.3, 0.4) is 0 Å². The zero-order valence-corrected chi connectivity index (χ0v) is 13.3. The van der Waals surface area contributed by atoms with E-state index >= 15 is 0 Å². The summed E-state index contributed by atoms with van der Waals surface area (Å²) in [6.45, 7) is -0.0185. The summed E-state index contributed by atoms with van der Waals surface area (Å²) in [6.07, 6.45) is 1.67. The number of nitrogens with zero attached hydrogens (tertiary/aromatic N) is 2. The third-order valence-corrected chi connectivity index (χ3v) is 4.16. The van der Waals surface area contributed by atoms with Crippen LogP contribution in [0.1, 0.15) is 5.56 Å². The van der Waals surface area contributed by atoms with Gasteiger partial charge in [-0.3, -0.25) is 9.59 Å². The van der Waals surface area contributed by atoms with Crippen LogP contribution in [0.15, 0.2) is 59.5 Å². The third kappa shape index (κ3) is 3.31. The average Bonchev–Trinajstić information content (AvgIpc) is 2.88. The van der Waals surface area contributed by atoms with E-state index in [-0.39, 0.29) is 17.8 Å². The van der Waals surface area contributed by atoms with Crippen LogP contribution < -0.4 is 9.64 Å². The predicted molar refractivity (Wildman–Crippen MR) is 92.4 cm³/mol. The van der Waals surface area contributed by atoms with Crippen LogP contribution in [0.2, 0.25) is 0 Å². The van der Waals surface area contributed by atoms with E-state index in [1.807, 2.05) is 12.1 Å². The molecule has 0 atom stereocenters. The molecule has 0 spiro atoms. The quantitative estimate of drug-likeness (QED) is 0.794. The lowest BCUT2D eigenvalue weighted by Gasteiger charge is -2.11. The molecule has 0 aromatic heterocycles. The highest BCUT2D eigenvalue weighted by Crippen LogP contribution is 2.35. The molecule has 1 fully saturated rings. The van der Waals surface area contributed by atoms with Crippen molar-refractivity contribution in [2.24, 2.45) is 0 Å². The molecule has 1 aliphatic rings. The second-order valence-corrected chi connectivity index (χ2v) is 5.86. The number of benzene rings is 2. The highest BCUT2D eigenvalue weighted by atomic mass is 32.2. The molecule has 1 heterocycles. The number of rotatable bonds is 4. The van der Waals surface area contributed by atoms with E-state index in [1.54, 1.807) is 54.6 Å². The van der Waals surface area contributed by atoms with E-state index < -0.39 is 0 Å². The number of thioether (sulfide) groups is 1. The van der Waals surface area contributed by atoms with E-state index in [2.05, 4.69) is 0 Å². The van der Waals surface area contributed by atoms with Gasteiger partial charge in [-0.15, -0.1) is 0 Å². The van der Waals surface area contributed by atoms with Crippen molar-refractivity contribution in [3.05, 3.63) is 65.1 Å². The summed E-state index contributed by atoms with van der Waals surface area (Å²) in [5.41, 5.74) is 1.33. The number of carbonyl (C=O) groups excluding carboxylic acids is 2. The number of para-hydroxylation sites is 1. The molecule has 2 aromatic carbocycles. The Morgan fingerprint density at radius 1 is 1.08 bits per heavy atom. The van der Waals surface area contributed by atoms with E-state index in [4.69, 9.17) is 10.00 Å². The molecule has 0 aliphatic carbocycles. The third-order valence-electron chi connectivity index (χ3n) is 3.29. The summed E-state index contributed by atoms with van der Waals surface area (Å²) in [7, 11) is 0. The molecule has 0 radical (unpaired) electrons. The summed E-state index contributed by atoms with van der Waals surface area (Å²) < 4.78 is 5.18. The first-order chi connectivity index (χ1) is 11.7. The predicted octanol–water partition coefficient (Wildman–Crippen LogP) is 3.83. The molecule has 1 saturated heterocycles. The Hall–Kier alpha value is -3.04. The van der Waals surface area contributed by atoms with Crippen LogP contribution in [0.25, 0.3) is 6.08 Å². The standard InChI is InChI=1S/C18H12N2O3S/c19-10-11-23-15-8-6-13(7-9-15)12-16-17(21)20(18(22)24-16)14-4-2-1-3-5-14/h1-9,12H,11H2/b16-12+. The maximum absolute atomic E-state index is 12.5. The van der Waals surface area contributed by atoms with Crippen molar-refractivity contribution in [2.75, 3.05) is 11.5 Å². The number of ether oxygens (including phenoxy) is 1. The van der Waals surface area contributed by atoms with Gasteiger partial charge in [0.15, 0.2) is 6.61 Å². The minimum Gasteiger partial charge on any atom is -0.479 e. The minimum atomic E-state index is -0.332. The molecule has 1 aliphatic heterocycles. The van der Waals surface area contributed by atoms with E-state index in [9.17, 15) is 9.59 Å². The smallest absolute Gasteiger partial charge is 0.298 e. The number of imide groups is 1. The molecule has 0 saturated carbocycles. The zero-order valence-electron chi connectivity index (χ0n) is 12.5. The summed E-state index contributed by atoms with van der Waals surface area (Å²) in [4.78, 5) is 26.2. The number of hydrogen-bond acceptors (Lipinski definition) is 5. The van der Waals surface area contributed by atoms with Gasteiger partial charge < -0.3 is 4.74 Å². The number of hydrogen-bond donors (Lipinski definition) is 0. The van der Waals surface area contributed by atoms with Crippen molar-refractivity contribution in [1.82, 2.24) is 0 Å². The Balaban J connectivity index is 1.80. The lowest BCUT2D eigenvalue weighted by Crippen LogP contribution is -2.27. The summed E-state index contributed by atoms with van der Waals surface area (Å²) in [6, 6.07) is 17.7. The first-order valence-corrected chi connectivity index (χ1v) is 7.93. The highest BCUT2D eigenvalue weighted by Gasteiger charge is 2.36. The van der Waals surface area contributed by atoms with Crippen molar-refractivity contribution in [2.45, 2.75) is 0 Å². The Labute approximate surface area is 143 Å². The van der Waals surface area contributed by atoms with Crippen molar-refractivity contribution in [3.8, 4) is 11.8 Å². The van der Waals surface area contributed by atoms with Gasteiger partial charge in [-0.1, -0.05) is 30.3 Å². The normalized spacial score (nSPS) is 15.6. The van der Waals surface area contributed by atoms with E-state index in [0.29, 0.717) is 16.3 Å². The van der Waals surface area contributed by atoms with Crippen LogP contribution in [0.4, 0.5) is 10.5 Å². The molecule has 5 nitrogen and oxygen atoms in total. The van der Waals surface area contributed by atoms with Crippen molar-refractivity contribution in [1.29, 1.82) is 5.26 Å². The summed E-state index contributed by atoms with van der Waals surface area (Å²) in [5.74, 6) is 0.243. The van der Waals surface area contributed by atoms with E-state index in [0.717, 1.165) is 17.3 Å². The molecule has 0 N–H and O–H groups in total. The van der Waals surface area contributed by atoms with Gasteiger partial charge in [-0.05, 0) is 47.7 Å². The van der Waals surface area contributed by atoms with Gasteiger partial charge >= 0.3 is 0 Å². The fraction of sp³-hybridized carbons (Fsp3) is 0.0556. The van der Waals surface area contributed by atoms with Crippen molar-refractivity contribution < 1.29 is 14.3 Å². The Morgan fingerprint density at radius 3 is 2.46 bits per heavy atom. The summed E-state index contributed by atoms with van der Waals surface area (Å²) in [5, 5.41) is 8.17. The van der Waals surface area contributed by atoms with Gasteiger partial charge in [-0.25, -0.2) is 4.90 Å². The molecule has 24 heavy (non-hydrogen) atoms. The topological polar surface area (TPSA) is 70.4 Å². The first kappa shape index (κ1) is 15.8. The van der Waals surface area contributed by atoms with Gasteiger partial charge in [0.2, 0.25) is 0 Å². The molecule has 6 heteroatoms. The van der Waals surface area contributed by atoms with Gasteiger partial charge in [0.1, 0.15) is 11.8 Å². The van der Waals surface area contributed by atoms with Gasteiger partial charge in [-0.2, -0.15) is 5.26 Å². The number of nitriles is 1. The minimum absolute atomic E-state index is 0.0185. The molecular formula is C18H12N2O3S. The van der Waals surface area contributed by atoms with Crippen molar-refractivity contribution in [3.63, 3.8) is 0 Å². The first-order valence-electron chi connectivity index (χ1n) is 7.12. The fourth-order valence-corrected chi connectivity index (χ4v) is 3.04. The number of carbonyl (C=O) groups is 2. The SMILES string of the molecule is N#CCOc1ccc(/C=C2/SC(=O)N(c3ccccc3)C2=O)cc1. The molecule has 3 rings (SSSR count). The van der Waals surface area contributed by atoms with Crippen LogP contribution >= 0.6 is 11.8 Å². The lowest BCUT2D eigenvalue weighted by molar-refractivity contribution is -0.113. The van der Waals surface area contributed by atoms with Crippen LogP contribution in [0, 0.1) is 11.3 Å². The lowest BCUT2D eigenvalue weighted by atomic mass is 10.2. The summed E-state index contributed by atoms with van der Waals surface area (Å²) >= 11 is 0.914. The van der Waals surface area contributed by atoms with E-state index in [1.165, 1.54) is 4.90 Å². The van der Waals surface area contributed by atoms with Crippen LogP contribution in [-0.4, -0.2) is 17.8 Å². The average molecular weight is 336 g/mol. The van der Waals surface area contributed by atoms with Crippen molar-refractivity contribution >= 4 is 34.7 Å². The largest absolute Gasteiger partial charge is 0.479 e. The van der Waals surface area contributed by atoms with Crippen LogP contribution in [0.5, 0.6) is 5.75 Å². The fourth-order valence-electron chi connectivity index (χ4n) is 2.19. The number of anilines is 1. The maximum atomic E-state index is 12.5. The molecule has 2 aromatic rings.